The van der Waals surface area contributed by atoms with Gasteiger partial charge in [0.2, 0.25) is 0 Å². The summed E-state index contributed by atoms with van der Waals surface area (Å²) in [7, 11) is 1.69. The Morgan fingerprint density at radius 3 is 2.58 bits per heavy atom. The molecule has 9 heteroatoms. The number of rotatable bonds is 6. The maximum absolute atomic E-state index is 12.4. The molecule has 0 amide bonds. The maximum atomic E-state index is 12.4. The van der Waals surface area contributed by atoms with Crippen LogP contribution >= 0.6 is 24.0 Å². The van der Waals surface area contributed by atoms with Crippen LogP contribution in [0.3, 0.4) is 0 Å². The monoisotopic (exact) mass is 459 g/mol. The van der Waals surface area contributed by atoms with Crippen LogP contribution in [0.1, 0.15) is 6.42 Å². The van der Waals surface area contributed by atoms with Crippen LogP contribution in [0.5, 0.6) is 0 Å². The summed E-state index contributed by atoms with van der Waals surface area (Å²) in [5.74, 6) is 0.909. The van der Waals surface area contributed by atoms with Crippen molar-refractivity contribution in [1.82, 2.24) is 20.1 Å². The molecule has 0 aliphatic carbocycles. The molecule has 2 N–H and O–H groups in total. The molecule has 24 heavy (non-hydrogen) atoms. The first-order valence-corrected chi connectivity index (χ1v) is 7.80. The van der Waals surface area contributed by atoms with Gasteiger partial charge in [-0.3, -0.25) is 9.89 Å². The minimum atomic E-state index is -4.11. The van der Waals surface area contributed by atoms with Crippen LogP contribution in [0.4, 0.5) is 13.2 Å². The molecule has 1 aromatic heterocycles. The van der Waals surface area contributed by atoms with Gasteiger partial charge < -0.3 is 15.2 Å². The van der Waals surface area contributed by atoms with Gasteiger partial charge in [0.1, 0.15) is 0 Å². The fraction of sp³-hybridized carbons (Fsp3) is 0.667. The van der Waals surface area contributed by atoms with Crippen molar-refractivity contribution in [1.29, 1.82) is 0 Å². The lowest BCUT2D eigenvalue weighted by atomic mass is 10.1. The molecule has 5 nitrogen and oxygen atoms in total. The van der Waals surface area contributed by atoms with Gasteiger partial charge in [0, 0.05) is 45.6 Å². The number of guanidine groups is 1. The third-order valence-electron chi connectivity index (χ3n) is 3.88. The molecule has 1 unspecified atom stereocenters. The second-order valence-electron chi connectivity index (χ2n) is 5.81. The maximum Gasteiger partial charge on any atom is 0.401 e. The minimum absolute atomic E-state index is 0. The number of halogens is 4. The molecule has 0 radical (unpaired) electrons. The third kappa shape index (κ3) is 7.73. The molecule has 0 aromatic carbocycles. The van der Waals surface area contributed by atoms with Crippen LogP contribution in [-0.2, 0) is 6.54 Å². The Morgan fingerprint density at radius 1 is 1.25 bits per heavy atom. The number of aliphatic imine (C=N–C) groups is 1. The molecule has 1 aliphatic rings. The van der Waals surface area contributed by atoms with Crippen molar-refractivity contribution in [2.24, 2.45) is 10.9 Å². The molecule has 1 atom stereocenters. The number of nitrogens with zero attached hydrogens (tertiary/aromatic N) is 3. The number of nitrogens with one attached hydrogen (secondary N) is 2. The van der Waals surface area contributed by atoms with E-state index >= 15 is 0 Å². The lowest BCUT2D eigenvalue weighted by Crippen LogP contribution is -2.41. The summed E-state index contributed by atoms with van der Waals surface area (Å²) in [6.07, 6.45) is 0.652. The van der Waals surface area contributed by atoms with E-state index in [1.807, 2.05) is 24.5 Å². The Hall–Kier alpha value is -0.970. The van der Waals surface area contributed by atoms with Gasteiger partial charge in [-0.05, 0) is 31.0 Å². The first-order valence-electron chi connectivity index (χ1n) is 7.80. The molecule has 138 valence electrons. The van der Waals surface area contributed by atoms with Crippen molar-refractivity contribution in [2.45, 2.75) is 19.1 Å². The molecule has 0 spiro atoms. The fourth-order valence-corrected chi connectivity index (χ4v) is 2.76. The predicted octanol–water partition coefficient (Wildman–Crippen LogP) is 2.16. The smallest absolute Gasteiger partial charge is 0.356 e. The summed E-state index contributed by atoms with van der Waals surface area (Å²) < 4.78 is 39.2. The Morgan fingerprint density at radius 2 is 1.96 bits per heavy atom. The van der Waals surface area contributed by atoms with E-state index in [0.29, 0.717) is 25.6 Å². The van der Waals surface area contributed by atoms with E-state index in [9.17, 15) is 13.2 Å². The summed E-state index contributed by atoms with van der Waals surface area (Å²) in [4.78, 5) is 5.60. The average molecular weight is 459 g/mol. The second kappa shape index (κ2) is 10.1. The number of aromatic nitrogens is 1. The zero-order valence-corrected chi connectivity index (χ0v) is 16.1. The Kier molecular flexibility index (Phi) is 8.88. The lowest BCUT2D eigenvalue weighted by molar-refractivity contribution is -0.143. The van der Waals surface area contributed by atoms with Crippen LogP contribution in [0.2, 0.25) is 0 Å². The van der Waals surface area contributed by atoms with Crippen LogP contribution in [0.15, 0.2) is 29.5 Å². The van der Waals surface area contributed by atoms with Gasteiger partial charge >= 0.3 is 6.18 Å². The molecular weight excluding hydrogens is 434 g/mol. The van der Waals surface area contributed by atoms with E-state index in [-0.39, 0.29) is 29.9 Å². The molecule has 0 saturated carbocycles. The number of hydrogen-bond donors (Lipinski definition) is 2. The summed E-state index contributed by atoms with van der Waals surface area (Å²) in [6.45, 7) is 2.37. The Balaban J connectivity index is 0.00000288. The normalized spacial score (nSPS) is 19.2. The molecule has 0 bridgehead atoms. The van der Waals surface area contributed by atoms with E-state index in [4.69, 9.17) is 0 Å². The van der Waals surface area contributed by atoms with Crippen molar-refractivity contribution in [2.75, 3.05) is 39.8 Å². The van der Waals surface area contributed by atoms with Gasteiger partial charge in [0.15, 0.2) is 5.96 Å². The summed E-state index contributed by atoms with van der Waals surface area (Å²) >= 11 is 0. The molecule has 2 heterocycles. The Bertz CT molecular complexity index is 490. The van der Waals surface area contributed by atoms with Crippen molar-refractivity contribution in [3.8, 4) is 0 Å². The van der Waals surface area contributed by atoms with E-state index in [2.05, 4.69) is 20.2 Å². The number of alkyl halides is 3. The van der Waals surface area contributed by atoms with Crippen molar-refractivity contribution >= 4 is 29.9 Å². The van der Waals surface area contributed by atoms with Gasteiger partial charge in [0.05, 0.1) is 6.54 Å². The first-order chi connectivity index (χ1) is 11.0. The van der Waals surface area contributed by atoms with Gasteiger partial charge in [-0.2, -0.15) is 13.2 Å². The highest BCUT2D eigenvalue weighted by atomic mass is 127. The summed E-state index contributed by atoms with van der Waals surface area (Å²) in [5.41, 5.74) is 0. The molecular formula is C15H25F3IN5. The Labute approximate surface area is 157 Å². The second-order valence-corrected chi connectivity index (χ2v) is 5.81. The number of likely N-dealkylation sites (tertiary alicyclic amines) is 1. The van der Waals surface area contributed by atoms with Gasteiger partial charge in [-0.1, -0.05) is 0 Å². The van der Waals surface area contributed by atoms with E-state index in [1.165, 1.54) is 4.90 Å². The zero-order valence-electron chi connectivity index (χ0n) is 13.7. The zero-order chi connectivity index (χ0) is 16.7. The van der Waals surface area contributed by atoms with Crippen LogP contribution in [-0.4, -0.2) is 61.4 Å². The van der Waals surface area contributed by atoms with Gasteiger partial charge in [-0.15, -0.1) is 24.0 Å². The molecule has 1 saturated heterocycles. The summed E-state index contributed by atoms with van der Waals surface area (Å²) in [5, 5.41) is 6.40. The standard InChI is InChI=1S/C15H24F3N5.HI/c1-19-14(20-5-9-22-6-2-3-7-22)21-10-13-4-8-23(11-13)12-15(16,17)18;/h2-3,6-7,13H,4-5,8-12H2,1H3,(H2,19,20,21);1H. The molecule has 1 aromatic rings. The molecule has 2 rings (SSSR count). The van der Waals surface area contributed by atoms with E-state index in [0.717, 1.165) is 19.5 Å². The summed E-state index contributed by atoms with van der Waals surface area (Å²) in [6, 6.07) is 3.94. The lowest BCUT2D eigenvalue weighted by Gasteiger charge is -2.18. The highest BCUT2D eigenvalue weighted by Gasteiger charge is 2.34. The quantitative estimate of drug-likeness (QED) is 0.390. The highest BCUT2D eigenvalue weighted by molar-refractivity contribution is 14.0. The molecule has 1 fully saturated rings. The fourth-order valence-electron chi connectivity index (χ4n) is 2.76. The van der Waals surface area contributed by atoms with Crippen molar-refractivity contribution in [3.63, 3.8) is 0 Å². The topological polar surface area (TPSA) is 44.6 Å². The van der Waals surface area contributed by atoms with Gasteiger partial charge in [0.25, 0.3) is 0 Å². The predicted molar refractivity (Wildman–Crippen MR) is 99.8 cm³/mol. The average Bonchev–Trinajstić information content (AvgIpc) is 3.12. The van der Waals surface area contributed by atoms with E-state index < -0.39 is 12.7 Å². The van der Waals surface area contributed by atoms with Crippen LogP contribution in [0.25, 0.3) is 0 Å². The highest BCUT2D eigenvalue weighted by Crippen LogP contribution is 2.22. The van der Waals surface area contributed by atoms with Gasteiger partial charge in [-0.25, -0.2) is 0 Å². The van der Waals surface area contributed by atoms with Crippen molar-refractivity contribution in [3.05, 3.63) is 24.5 Å². The van der Waals surface area contributed by atoms with Crippen LogP contribution in [0, 0.1) is 5.92 Å². The minimum Gasteiger partial charge on any atom is -0.356 e. The van der Waals surface area contributed by atoms with E-state index in [1.54, 1.807) is 7.05 Å². The molecule has 1 aliphatic heterocycles. The van der Waals surface area contributed by atoms with Crippen molar-refractivity contribution < 1.29 is 13.2 Å². The number of hydrogen-bond acceptors (Lipinski definition) is 2. The first kappa shape index (κ1) is 21.1. The largest absolute Gasteiger partial charge is 0.401 e. The van der Waals surface area contributed by atoms with Crippen LogP contribution < -0.4 is 10.6 Å². The SMILES string of the molecule is CN=C(NCCn1cccc1)NCC1CCN(CC(F)(F)F)C1.I. The third-order valence-corrected chi connectivity index (χ3v) is 3.88.